The third-order valence-electron chi connectivity index (χ3n) is 5.48. The van der Waals surface area contributed by atoms with E-state index in [1.807, 2.05) is 0 Å². The monoisotopic (exact) mass is 264 g/mol. The van der Waals surface area contributed by atoms with Crippen LogP contribution in [0.4, 0.5) is 0 Å². The minimum atomic E-state index is -0.0597. The van der Waals surface area contributed by atoms with E-state index in [4.69, 9.17) is 0 Å². The smallest absolute Gasteiger partial charge is 0.230 e. The molecular formula is C15H24N2O2. The van der Waals surface area contributed by atoms with Crippen LogP contribution in [0.1, 0.15) is 51.9 Å². The lowest BCUT2D eigenvalue weighted by Gasteiger charge is -2.46. The average Bonchev–Trinajstić information content (AvgIpc) is 2.74. The molecule has 0 bridgehead atoms. The molecule has 0 radical (unpaired) electrons. The summed E-state index contributed by atoms with van der Waals surface area (Å²) in [6, 6.07) is 0.466. The highest BCUT2D eigenvalue weighted by Gasteiger charge is 2.57. The molecule has 3 aliphatic rings. The van der Waals surface area contributed by atoms with Gasteiger partial charge in [0.1, 0.15) is 0 Å². The summed E-state index contributed by atoms with van der Waals surface area (Å²) in [5.41, 5.74) is -0.0597. The maximum absolute atomic E-state index is 12.3. The van der Waals surface area contributed by atoms with Gasteiger partial charge in [0.15, 0.2) is 0 Å². The number of piperidine rings is 2. The van der Waals surface area contributed by atoms with E-state index in [0.717, 1.165) is 32.4 Å². The first kappa shape index (κ1) is 13.1. The summed E-state index contributed by atoms with van der Waals surface area (Å²) in [6.07, 6.45) is 7.21. The van der Waals surface area contributed by atoms with Gasteiger partial charge in [-0.2, -0.15) is 0 Å². The standard InChI is InChI=1S/C15H24N2O2/c1-2-5-11-14(19)16-13(18)10-15(11)7-9-17-8-4-3-6-12(15)17/h11-12H,2-10H2,1H3,(H,16,18,19). The highest BCUT2D eigenvalue weighted by atomic mass is 16.2. The number of nitrogens with zero attached hydrogens (tertiary/aromatic N) is 1. The van der Waals surface area contributed by atoms with Gasteiger partial charge in [-0.1, -0.05) is 19.8 Å². The van der Waals surface area contributed by atoms with E-state index in [1.54, 1.807) is 0 Å². The van der Waals surface area contributed by atoms with Crippen LogP contribution in [0, 0.1) is 11.3 Å². The number of carbonyl (C=O) groups is 2. The normalized spacial score (nSPS) is 39.4. The van der Waals surface area contributed by atoms with Crippen LogP contribution in [0.3, 0.4) is 0 Å². The third-order valence-corrected chi connectivity index (χ3v) is 5.48. The SMILES string of the molecule is CCCC1C(=O)NC(=O)CC12CCN1CCCCC12. The second-order valence-corrected chi connectivity index (χ2v) is 6.46. The Kier molecular flexibility index (Phi) is 3.37. The molecule has 4 heteroatoms. The van der Waals surface area contributed by atoms with Gasteiger partial charge in [0.2, 0.25) is 11.8 Å². The summed E-state index contributed by atoms with van der Waals surface area (Å²) in [6.45, 7) is 4.36. The van der Waals surface area contributed by atoms with Gasteiger partial charge in [-0.25, -0.2) is 0 Å². The van der Waals surface area contributed by atoms with E-state index in [1.165, 1.54) is 19.3 Å². The Hall–Kier alpha value is -0.900. The zero-order chi connectivity index (χ0) is 13.5. The van der Waals surface area contributed by atoms with E-state index in [0.29, 0.717) is 12.5 Å². The highest BCUT2D eigenvalue weighted by molar-refractivity contribution is 6.00. The molecule has 4 nitrogen and oxygen atoms in total. The van der Waals surface area contributed by atoms with Crippen molar-refractivity contribution in [3.8, 4) is 0 Å². The maximum atomic E-state index is 12.3. The zero-order valence-electron chi connectivity index (χ0n) is 11.8. The average molecular weight is 264 g/mol. The molecule has 1 spiro atoms. The zero-order valence-corrected chi connectivity index (χ0v) is 11.8. The van der Waals surface area contributed by atoms with Crippen LogP contribution in [0.5, 0.6) is 0 Å². The summed E-state index contributed by atoms with van der Waals surface area (Å²) in [5.74, 6) is -0.0152. The predicted molar refractivity (Wildman–Crippen MR) is 72.4 cm³/mol. The van der Waals surface area contributed by atoms with Crippen LogP contribution in [0.15, 0.2) is 0 Å². The first-order valence-corrected chi connectivity index (χ1v) is 7.75. The van der Waals surface area contributed by atoms with E-state index < -0.39 is 0 Å². The Morgan fingerprint density at radius 1 is 1.32 bits per heavy atom. The molecule has 3 saturated heterocycles. The number of amides is 2. The van der Waals surface area contributed by atoms with Gasteiger partial charge in [0, 0.05) is 23.8 Å². The molecule has 0 aromatic heterocycles. The van der Waals surface area contributed by atoms with Crippen molar-refractivity contribution in [3.05, 3.63) is 0 Å². The van der Waals surface area contributed by atoms with Gasteiger partial charge in [-0.05, 0) is 38.8 Å². The molecule has 3 rings (SSSR count). The van der Waals surface area contributed by atoms with Gasteiger partial charge < -0.3 is 0 Å². The molecule has 3 unspecified atom stereocenters. The number of hydrogen-bond donors (Lipinski definition) is 1. The minimum absolute atomic E-state index is 0.00877. The molecule has 0 aliphatic carbocycles. The number of hydrogen-bond acceptors (Lipinski definition) is 3. The fourth-order valence-electron chi connectivity index (χ4n) is 4.70. The molecule has 0 aromatic carbocycles. The van der Waals surface area contributed by atoms with Gasteiger partial charge >= 0.3 is 0 Å². The minimum Gasteiger partial charge on any atom is -0.300 e. The number of nitrogens with one attached hydrogen (secondary N) is 1. The van der Waals surface area contributed by atoms with Crippen molar-refractivity contribution in [2.75, 3.05) is 13.1 Å². The van der Waals surface area contributed by atoms with Crippen LogP contribution in [-0.4, -0.2) is 35.8 Å². The molecule has 3 heterocycles. The Morgan fingerprint density at radius 3 is 2.95 bits per heavy atom. The lowest BCUT2D eigenvalue weighted by molar-refractivity contribution is -0.146. The van der Waals surface area contributed by atoms with Crippen molar-refractivity contribution < 1.29 is 9.59 Å². The van der Waals surface area contributed by atoms with E-state index in [-0.39, 0.29) is 23.1 Å². The molecule has 106 valence electrons. The van der Waals surface area contributed by atoms with Gasteiger partial charge in [-0.15, -0.1) is 0 Å². The van der Waals surface area contributed by atoms with Crippen LogP contribution in [0.2, 0.25) is 0 Å². The van der Waals surface area contributed by atoms with E-state index >= 15 is 0 Å². The van der Waals surface area contributed by atoms with Crippen LogP contribution < -0.4 is 5.32 Å². The molecule has 19 heavy (non-hydrogen) atoms. The van der Waals surface area contributed by atoms with Gasteiger partial charge in [0.25, 0.3) is 0 Å². The molecule has 3 atom stereocenters. The topological polar surface area (TPSA) is 49.4 Å². The number of carbonyl (C=O) groups excluding carboxylic acids is 2. The Balaban J connectivity index is 1.93. The third kappa shape index (κ3) is 2.00. The predicted octanol–water partition coefficient (Wildman–Crippen LogP) is 1.69. The maximum Gasteiger partial charge on any atom is 0.230 e. The molecular weight excluding hydrogens is 240 g/mol. The van der Waals surface area contributed by atoms with Crippen molar-refractivity contribution >= 4 is 11.8 Å². The summed E-state index contributed by atoms with van der Waals surface area (Å²) in [7, 11) is 0. The molecule has 3 fully saturated rings. The van der Waals surface area contributed by atoms with Crippen LogP contribution >= 0.6 is 0 Å². The summed E-state index contributed by atoms with van der Waals surface area (Å²) < 4.78 is 0. The second kappa shape index (κ2) is 4.89. The van der Waals surface area contributed by atoms with Crippen molar-refractivity contribution in [1.29, 1.82) is 0 Å². The highest BCUT2D eigenvalue weighted by Crippen LogP contribution is 2.52. The molecule has 3 aliphatic heterocycles. The van der Waals surface area contributed by atoms with E-state index in [9.17, 15) is 9.59 Å². The summed E-state index contributed by atoms with van der Waals surface area (Å²) in [4.78, 5) is 26.7. The van der Waals surface area contributed by atoms with Crippen LogP contribution in [-0.2, 0) is 9.59 Å². The lowest BCUT2D eigenvalue weighted by atomic mass is 9.62. The Labute approximate surface area is 114 Å². The molecule has 0 saturated carbocycles. The van der Waals surface area contributed by atoms with Crippen molar-refractivity contribution in [3.63, 3.8) is 0 Å². The Morgan fingerprint density at radius 2 is 2.16 bits per heavy atom. The number of rotatable bonds is 2. The Bertz CT molecular complexity index is 396. The van der Waals surface area contributed by atoms with Crippen molar-refractivity contribution in [2.45, 2.75) is 57.9 Å². The molecule has 0 aromatic rings. The summed E-state index contributed by atoms with van der Waals surface area (Å²) >= 11 is 0. The fourth-order valence-corrected chi connectivity index (χ4v) is 4.70. The van der Waals surface area contributed by atoms with Crippen LogP contribution in [0.25, 0.3) is 0 Å². The molecule has 1 N–H and O–H groups in total. The van der Waals surface area contributed by atoms with E-state index in [2.05, 4.69) is 17.1 Å². The van der Waals surface area contributed by atoms with Crippen molar-refractivity contribution in [1.82, 2.24) is 10.2 Å². The second-order valence-electron chi connectivity index (χ2n) is 6.46. The first-order chi connectivity index (χ1) is 9.17. The lowest BCUT2D eigenvalue weighted by Crippen LogP contribution is -2.57. The van der Waals surface area contributed by atoms with Crippen molar-refractivity contribution in [2.24, 2.45) is 11.3 Å². The fraction of sp³-hybridized carbons (Fsp3) is 0.867. The number of fused-ring (bicyclic) bond motifs is 2. The summed E-state index contributed by atoms with van der Waals surface area (Å²) in [5, 5.41) is 2.56. The van der Waals surface area contributed by atoms with Gasteiger partial charge in [0.05, 0.1) is 0 Å². The molecule has 2 amide bonds. The number of imide groups is 1. The largest absolute Gasteiger partial charge is 0.300 e. The quantitative estimate of drug-likeness (QED) is 0.772. The van der Waals surface area contributed by atoms with Gasteiger partial charge in [-0.3, -0.25) is 19.8 Å². The first-order valence-electron chi connectivity index (χ1n) is 7.75.